The predicted molar refractivity (Wildman–Crippen MR) is 92.3 cm³/mol. The van der Waals surface area contributed by atoms with Crippen LogP contribution in [0.25, 0.3) is 5.65 Å². The van der Waals surface area contributed by atoms with Crippen LogP contribution in [0.5, 0.6) is 0 Å². The highest BCUT2D eigenvalue weighted by Gasteiger charge is 2.29. The van der Waals surface area contributed by atoms with E-state index >= 15 is 0 Å². The van der Waals surface area contributed by atoms with Crippen LogP contribution in [0, 0.1) is 18.3 Å². The summed E-state index contributed by atoms with van der Waals surface area (Å²) >= 11 is 6.14. The van der Waals surface area contributed by atoms with E-state index in [1.807, 2.05) is 25.5 Å². The highest BCUT2D eigenvalue weighted by molar-refractivity contribution is 6.34. The molecule has 0 radical (unpaired) electrons. The van der Waals surface area contributed by atoms with Crippen molar-refractivity contribution in [1.82, 2.24) is 20.0 Å². The molecule has 0 spiro atoms. The van der Waals surface area contributed by atoms with Crippen molar-refractivity contribution in [3.63, 3.8) is 0 Å². The Balaban J connectivity index is 1.88. The molecule has 2 aromatic heterocycles. The molecule has 0 aromatic carbocycles. The number of fused-ring (bicyclic) bond motifs is 1. The second-order valence-electron chi connectivity index (χ2n) is 7.01. The molecule has 0 aliphatic carbocycles. The molecule has 0 aliphatic heterocycles. The van der Waals surface area contributed by atoms with Gasteiger partial charge in [0.1, 0.15) is 17.3 Å². The maximum atomic E-state index is 12.4. The van der Waals surface area contributed by atoms with Crippen LogP contribution in [0.15, 0.2) is 6.33 Å². The van der Waals surface area contributed by atoms with Crippen LogP contribution < -0.4 is 10.00 Å². The number of carbonyl (C=O) groups excluding carboxylic acids is 1. The molecule has 2 heterocycles. The number of H-pyrrole nitrogens is 1. The fourth-order valence-electron chi connectivity index (χ4n) is 2.49. The summed E-state index contributed by atoms with van der Waals surface area (Å²) in [5.74, 6) is -1.38. The lowest BCUT2D eigenvalue weighted by Gasteiger charge is -2.24. The van der Waals surface area contributed by atoms with Crippen LogP contribution in [0.4, 0.5) is 0 Å². The molecule has 0 saturated carbocycles. The number of aryl methyl sites for hydroxylation is 1. The SMILES string of the molecule is Cc1[nH]n2c(nc[n+]2CCNC(=O)C(C)(C)CCC(C)C(=O)O)c1Cl. The zero-order valence-electron chi connectivity index (χ0n) is 15.0. The van der Waals surface area contributed by atoms with Gasteiger partial charge in [0.15, 0.2) is 0 Å². The van der Waals surface area contributed by atoms with Crippen molar-refractivity contribution >= 4 is 29.1 Å². The minimum absolute atomic E-state index is 0.0906. The van der Waals surface area contributed by atoms with E-state index in [4.69, 9.17) is 16.7 Å². The second-order valence-corrected chi connectivity index (χ2v) is 7.39. The van der Waals surface area contributed by atoms with E-state index in [9.17, 15) is 9.59 Å². The van der Waals surface area contributed by atoms with Crippen LogP contribution >= 0.6 is 11.6 Å². The van der Waals surface area contributed by atoms with Crippen molar-refractivity contribution in [1.29, 1.82) is 0 Å². The van der Waals surface area contributed by atoms with E-state index in [0.29, 0.717) is 36.6 Å². The third-order valence-corrected chi connectivity index (χ3v) is 4.89. The van der Waals surface area contributed by atoms with Crippen molar-refractivity contribution < 1.29 is 19.4 Å². The smallest absolute Gasteiger partial charge is 0.306 e. The zero-order valence-corrected chi connectivity index (χ0v) is 15.7. The Morgan fingerprint density at radius 3 is 2.84 bits per heavy atom. The maximum absolute atomic E-state index is 12.4. The summed E-state index contributed by atoms with van der Waals surface area (Å²) in [5, 5.41) is 15.5. The monoisotopic (exact) mass is 370 g/mol. The first-order valence-corrected chi connectivity index (χ1v) is 8.63. The number of carboxylic acid groups (broad SMARTS) is 1. The fourth-order valence-corrected chi connectivity index (χ4v) is 2.66. The van der Waals surface area contributed by atoms with Gasteiger partial charge in [0.2, 0.25) is 12.2 Å². The fraction of sp³-hybridized carbons (Fsp3) is 0.625. The Kier molecular flexibility index (Phi) is 5.72. The lowest BCUT2D eigenvalue weighted by Crippen LogP contribution is -2.47. The Hall–Kier alpha value is -2.09. The number of hydrogen-bond acceptors (Lipinski definition) is 3. The molecular weight excluding hydrogens is 346 g/mol. The van der Waals surface area contributed by atoms with Crippen LogP contribution in [-0.2, 0) is 16.1 Å². The minimum Gasteiger partial charge on any atom is -0.481 e. The molecule has 0 aliphatic rings. The number of carboxylic acids is 1. The topological polar surface area (TPSA) is 103 Å². The Morgan fingerprint density at radius 1 is 1.52 bits per heavy atom. The number of halogens is 1. The largest absolute Gasteiger partial charge is 0.481 e. The van der Waals surface area contributed by atoms with E-state index in [1.165, 1.54) is 0 Å². The molecule has 1 atom stereocenters. The quantitative estimate of drug-likeness (QED) is 0.613. The molecule has 2 aromatic rings. The molecule has 25 heavy (non-hydrogen) atoms. The molecular formula is C16H25ClN5O3+. The molecule has 3 N–H and O–H groups in total. The van der Waals surface area contributed by atoms with Gasteiger partial charge in [0.05, 0.1) is 12.5 Å². The molecule has 138 valence electrons. The summed E-state index contributed by atoms with van der Waals surface area (Å²) in [7, 11) is 0. The molecule has 1 unspecified atom stereocenters. The van der Waals surface area contributed by atoms with Crippen molar-refractivity contribution in [3.05, 3.63) is 17.0 Å². The standard InChI is InChI=1S/C16H24ClN5O3/c1-10(14(23)24)5-6-16(3,4)15(25)18-7-8-21-9-19-13-12(17)11(2)20-22(13)21/h9-10H,5-8H2,1-4H3,(H2,18,23,24,25)/p+1. The van der Waals surface area contributed by atoms with E-state index in [0.717, 1.165) is 5.69 Å². The zero-order chi connectivity index (χ0) is 18.8. The van der Waals surface area contributed by atoms with Gasteiger partial charge in [-0.05, 0) is 19.8 Å². The molecule has 0 bridgehead atoms. The number of nitrogens with one attached hydrogen (secondary N) is 2. The Bertz CT molecular complexity index is 780. The molecule has 0 fully saturated rings. The summed E-state index contributed by atoms with van der Waals surface area (Å²) < 4.78 is 3.57. The summed E-state index contributed by atoms with van der Waals surface area (Å²) in [4.78, 5) is 27.5. The Labute approximate surface area is 151 Å². The molecule has 0 saturated heterocycles. The average molecular weight is 371 g/mol. The molecule has 2 rings (SSSR count). The highest BCUT2D eigenvalue weighted by atomic mass is 35.5. The van der Waals surface area contributed by atoms with Crippen molar-refractivity contribution in [2.45, 2.75) is 47.1 Å². The summed E-state index contributed by atoms with van der Waals surface area (Å²) in [6, 6.07) is 0. The lowest BCUT2D eigenvalue weighted by atomic mass is 9.84. The number of hydrogen-bond donors (Lipinski definition) is 3. The third kappa shape index (κ3) is 4.31. The van der Waals surface area contributed by atoms with Crippen LogP contribution in [0.1, 0.15) is 39.3 Å². The summed E-state index contributed by atoms with van der Waals surface area (Å²) in [5.41, 5.74) is 0.859. The Morgan fingerprint density at radius 2 is 2.20 bits per heavy atom. The van der Waals surface area contributed by atoms with E-state index in [-0.39, 0.29) is 5.91 Å². The third-order valence-electron chi connectivity index (χ3n) is 4.44. The van der Waals surface area contributed by atoms with Crippen LogP contribution in [0.3, 0.4) is 0 Å². The highest BCUT2D eigenvalue weighted by Crippen LogP contribution is 2.25. The number of aromatic nitrogens is 4. The van der Waals surface area contributed by atoms with Gasteiger partial charge in [-0.3, -0.25) is 9.59 Å². The number of aliphatic carboxylic acids is 1. The molecule has 8 nitrogen and oxygen atoms in total. The number of rotatable bonds is 8. The van der Waals surface area contributed by atoms with E-state index in [1.54, 1.807) is 17.9 Å². The summed E-state index contributed by atoms with van der Waals surface area (Å²) in [6.07, 6.45) is 2.64. The van der Waals surface area contributed by atoms with Gasteiger partial charge in [0.25, 0.3) is 5.65 Å². The number of amides is 1. The van der Waals surface area contributed by atoms with E-state index in [2.05, 4.69) is 15.4 Å². The molecule has 9 heteroatoms. The number of aromatic amines is 1. The molecule has 1 amide bonds. The number of nitrogens with zero attached hydrogens (tertiary/aromatic N) is 3. The van der Waals surface area contributed by atoms with Crippen molar-refractivity contribution in [2.75, 3.05) is 6.54 Å². The van der Waals surface area contributed by atoms with Gasteiger partial charge in [-0.25, -0.2) is 5.10 Å². The number of carbonyl (C=O) groups is 2. The first kappa shape index (κ1) is 19.2. The predicted octanol–water partition coefficient (Wildman–Crippen LogP) is 1.56. The maximum Gasteiger partial charge on any atom is 0.306 e. The van der Waals surface area contributed by atoms with Crippen LogP contribution in [-0.4, -0.2) is 38.2 Å². The van der Waals surface area contributed by atoms with Gasteiger partial charge in [-0.2, -0.15) is 4.68 Å². The first-order valence-electron chi connectivity index (χ1n) is 8.26. The van der Waals surface area contributed by atoms with Gasteiger partial charge >= 0.3 is 5.97 Å². The van der Waals surface area contributed by atoms with Gasteiger partial charge in [-0.15, -0.1) is 0 Å². The van der Waals surface area contributed by atoms with Gasteiger partial charge in [0, 0.05) is 5.41 Å². The summed E-state index contributed by atoms with van der Waals surface area (Å²) in [6.45, 7) is 8.14. The lowest BCUT2D eigenvalue weighted by molar-refractivity contribution is -0.764. The van der Waals surface area contributed by atoms with Crippen LogP contribution in [0.2, 0.25) is 5.02 Å². The van der Waals surface area contributed by atoms with Gasteiger partial charge < -0.3 is 10.4 Å². The van der Waals surface area contributed by atoms with Crippen molar-refractivity contribution in [3.8, 4) is 0 Å². The normalized spacial score (nSPS) is 13.2. The van der Waals surface area contributed by atoms with Crippen molar-refractivity contribution in [2.24, 2.45) is 11.3 Å². The first-order chi connectivity index (χ1) is 11.6. The second kappa shape index (κ2) is 7.43. The minimum atomic E-state index is -0.836. The van der Waals surface area contributed by atoms with Gasteiger partial charge in [-0.1, -0.05) is 42.0 Å². The average Bonchev–Trinajstić information content (AvgIpc) is 3.06. The van der Waals surface area contributed by atoms with E-state index < -0.39 is 17.3 Å².